The van der Waals surface area contributed by atoms with Gasteiger partial charge in [0, 0.05) is 0 Å². The Morgan fingerprint density at radius 2 is 2.25 bits per heavy atom. The molecule has 1 heterocycles. The van der Waals surface area contributed by atoms with E-state index in [0.29, 0.717) is 12.4 Å². The zero-order valence-corrected chi connectivity index (χ0v) is 7.72. The molecule has 0 aromatic heterocycles. The molecule has 0 saturated carbocycles. The van der Waals surface area contributed by atoms with Crippen LogP contribution in [-0.2, 0) is 14.3 Å². The molecule has 0 bridgehead atoms. The van der Waals surface area contributed by atoms with E-state index in [-0.39, 0.29) is 18.0 Å². The maximum absolute atomic E-state index is 10.6. The zero-order valence-electron chi connectivity index (χ0n) is 7.72. The van der Waals surface area contributed by atoms with Gasteiger partial charge in [-0.15, -0.1) is 0 Å². The van der Waals surface area contributed by atoms with Crippen molar-refractivity contribution in [2.45, 2.75) is 20.8 Å². The van der Waals surface area contributed by atoms with Gasteiger partial charge in [-0.1, -0.05) is 20.8 Å². The number of carbonyl (C=O) groups is 1. The number of cyclic esters (lactones) is 1. The third-order valence-corrected chi connectivity index (χ3v) is 1.33. The van der Waals surface area contributed by atoms with Gasteiger partial charge in [-0.25, -0.2) is 4.79 Å². The molecule has 0 aromatic carbocycles. The van der Waals surface area contributed by atoms with Crippen molar-refractivity contribution < 1.29 is 14.3 Å². The fraction of sp³-hybridized carbons (Fsp3) is 0.667. The maximum Gasteiger partial charge on any atom is 0.334 e. The summed E-state index contributed by atoms with van der Waals surface area (Å²) in [5.74, 6) is 0.328. The predicted octanol–water partition coefficient (Wildman–Crippen LogP) is 1.49. The van der Waals surface area contributed by atoms with E-state index in [1.54, 1.807) is 0 Å². The summed E-state index contributed by atoms with van der Waals surface area (Å²) in [7, 11) is 0. The van der Waals surface area contributed by atoms with Gasteiger partial charge in [0.05, 0.1) is 12.7 Å². The van der Waals surface area contributed by atoms with Crippen LogP contribution in [0.3, 0.4) is 0 Å². The molecule has 0 spiro atoms. The average Bonchev–Trinajstić information content (AvgIpc) is 2.30. The second kappa shape index (κ2) is 3.17. The van der Waals surface area contributed by atoms with E-state index >= 15 is 0 Å². The molecule has 0 N–H and O–H groups in total. The second-order valence-electron chi connectivity index (χ2n) is 4.07. The van der Waals surface area contributed by atoms with Crippen molar-refractivity contribution in [3.63, 3.8) is 0 Å². The minimum atomic E-state index is -0.307. The van der Waals surface area contributed by atoms with Gasteiger partial charge in [0.2, 0.25) is 0 Å². The minimum Gasteiger partial charge on any atom is -0.493 e. The first-order valence-electron chi connectivity index (χ1n) is 3.97. The van der Waals surface area contributed by atoms with Crippen LogP contribution in [0.15, 0.2) is 11.8 Å². The standard InChI is InChI=1S/C9H14O3/c1-9(2,3)6-12-7-4-8(10)11-5-7/h4H,5-6H2,1-3H3. The Bertz CT molecular complexity index is 210. The topological polar surface area (TPSA) is 35.5 Å². The smallest absolute Gasteiger partial charge is 0.334 e. The van der Waals surface area contributed by atoms with E-state index in [0.717, 1.165) is 0 Å². The first-order valence-corrected chi connectivity index (χ1v) is 3.97. The summed E-state index contributed by atoms with van der Waals surface area (Å²) in [5.41, 5.74) is 0.118. The van der Waals surface area contributed by atoms with Gasteiger partial charge in [-0.3, -0.25) is 0 Å². The normalized spacial score (nSPS) is 17.2. The molecular weight excluding hydrogens is 156 g/mol. The number of rotatable bonds is 2. The molecule has 1 aliphatic heterocycles. The Hall–Kier alpha value is -0.990. The first kappa shape index (κ1) is 9.10. The fourth-order valence-electron chi connectivity index (χ4n) is 0.750. The quantitative estimate of drug-likeness (QED) is 0.589. The van der Waals surface area contributed by atoms with Crippen molar-refractivity contribution in [2.24, 2.45) is 5.41 Å². The summed E-state index contributed by atoms with van der Waals surface area (Å²) in [6.07, 6.45) is 1.39. The lowest BCUT2D eigenvalue weighted by Gasteiger charge is -2.18. The molecule has 3 heteroatoms. The highest BCUT2D eigenvalue weighted by Crippen LogP contribution is 2.16. The minimum absolute atomic E-state index is 0.118. The SMILES string of the molecule is CC(C)(C)COC1=CC(=O)OC1. The maximum atomic E-state index is 10.6. The van der Waals surface area contributed by atoms with Crippen molar-refractivity contribution in [3.8, 4) is 0 Å². The molecule has 1 rings (SSSR count). The summed E-state index contributed by atoms with van der Waals surface area (Å²) in [4.78, 5) is 10.6. The fourth-order valence-corrected chi connectivity index (χ4v) is 0.750. The van der Waals surface area contributed by atoms with Gasteiger partial charge in [-0.05, 0) is 5.41 Å². The van der Waals surface area contributed by atoms with Crippen molar-refractivity contribution in [2.75, 3.05) is 13.2 Å². The van der Waals surface area contributed by atoms with Gasteiger partial charge in [0.15, 0.2) is 0 Å². The molecule has 0 fully saturated rings. The predicted molar refractivity (Wildman–Crippen MR) is 44.4 cm³/mol. The monoisotopic (exact) mass is 170 g/mol. The van der Waals surface area contributed by atoms with Gasteiger partial charge in [0.1, 0.15) is 12.4 Å². The Kier molecular flexibility index (Phi) is 2.40. The Balaban J connectivity index is 2.34. The van der Waals surface area contributed by atoms with Crippen molar-refractivity contribution >= 4 is 5.97 Å². The summed E-state index contributed by atoms with van der Waals surface area (Å²) < 4.78 is 10.0. The molecule has 0 aliphatic carbocycles. The second-order valence-corrected chi connectivity index (χ2v) is 4.07. The van der Waals surface area contributed by atoms with Crippen molar-refractivity contribution in [1.82, 2.24) is 0 Å². The molecular formula is C9H14O3. The summed E-state index contributed by atoms with van der Waals surface area (Å²) in [6, 6.07) is 0. The van der Waals surface area contributed by atoms with E-state index in [4.69, 9.17) is 4.74 Å². The van der Waals surface area contributed by atoms with Crippen molar-refractivity contribution in [1.29, 1.82) is 0 Å². The van der Waals surface area contributed by atoms with Crippen LogP contribution in [0.4, 0.5) is 0 Å². The molecule has 0 amide bonds. The van der Waals surface area contributed by atoms with E-state index in [1.165, 1.54) is 6.08 Å². The van der Waals surface area contributed by atoms with Crippen LogP contribution >= 0.6 is 0 Å². The van der Waals surface area contributed by atoms with Crippen LogP contribution in [0.2, 0.25) is 0 Å². The third kappa shape index (κ3) is 2.95. The van der Waals surface area contributed by atoms with E-state index in [9.17, 15) is 4.79 Å². The lowest BCUT2D eigenvalue weighted by Crippen LogP contribution is -2.14. The average molecular weight is 170 g/mol. The molecule has 0 saturated heterocycles. The Morgan fingerprint density at radius 3 is 2.67 bits per heavy atom. The lowest BCUT2D eigenvalue weighted by molar-refractivity contribution is -0.135. The molecule has 0 unspecified atom stereocenters. The van der Waals surface area contributed by atoms with Crippen molar-refractivity contribution in [3.05, 3.63) is 11.8 Å². The molecule has 68 valence electrons. The summed E-state index contributed by atoms with van der Waals surface area (Å²) in [6.45, 7) is 7.12. The van der Waals surface area contributed by atoms with Gasteiger partial charge < -0.3 is 9.47 Å². The lowest BCUT2D eigenvalue weighted by atomic mass is 9.99. The van der Waals surface area contributed by atoms with E-state index in [1.807, 2.05) is 0 Å². The molecule has 1 aliphatic rings. The highest BCUT2D eigenvalue weighted by molar-refractivity contribution is 5.84. The molecule has 12 heavy (non-hydrogen) atoms. The molecule has 0 atom stereocenters. The number of carbonyl (C=O) groups excluding carboxylic acids is 1. The van der Waals surface area contributed by atoms with Crippen LogP contribution in [-0.4, -0.2) is 19.2 Å². The van der Waals surface area contributed by atoms with Crippen LogP contribution in [0.5, 0.6) is 0 Å². The summed E-state index contributed by atoms with van der Waals surface area (Å²) >= 11 is 0. The molecule has 3 nitrogen and oxygen atoms in total. The third-order valence-electron chi connectivity index (χ3n) is 1.33. The summed E-state index contributed by atoms with van der Waals surface area (Å²) in [5, 5.41) is 0. The van der Waals surface area contributed by atoms with Gasteiger partial charge in [0.25, 0.3) is 0 Å². The number of hydrogen-bond donors (Lipinski definition) is 0. The highest BCUT2D eigenvalue weighted by atomic mass is 16.6. The number of ether oxygens (including phenoxy) is 2. The van der Waals surface area contributed by atoms with Crippen LogP contribution < -0.4 is 0 Å². The van der Waals surface area contributed by atoms with Crippen LogP contribution in [0.25, 0.3) is 0 Å². The molecule has 0 aromatic rings. The molecule has 0 radical (unpaired) electrons. The van der Waals surface area contributed by atoms with E-state index in [2.05, 4.69) is 25.5 Å². The van der Waals surface area contributed by atoms with E-state index < -0.39 is 0 Å². The Morgan fingerprint density at radius 1 is 1.58 bits per heavy atom. The largest absolute Gasteiger partial charge is 0.493 e. The van der Waals surface area contributed by atoms with Crippen LogP contribution in [0.1, 0.15) is 20.8 Å². The highest BCUT2D eigenvalue weighted by Gasteiger charge is 2.17. The van der Waals surface area contributed by atoms with Gasteiger partial charge in [-0.2, -0.15) is 0 Å². The van der Waals surface area contributed by atoms with Gasteiger partial charge >= 0.3 is 5.97 Å². The number of hydrogen-bond acceptors (Lipinski definition) is 3. The zero-order chi connectivity index (χ0) is 9.19. The Labute approximate surface area is 72.4 Å². The van der Waals surface area contributed by atoms with Crippen LogP contribution in [0, 0.1) is 5.41 Å². The first-order chi connectivity index (χ1) is 5.47. The number of esters is 1.